The average molecular weight is 278 g/mol. The molecule has 0 aliphatic carbocycles. The van der Waals surface area contributed by atoms with Gasteiger partial charge in [0, 0.05) is 0 Å². The highest BCUT2D eigenvalue weighted by Crippen LogP contribution is 2.28. The molecule has 2 aromatic rings. The van der Waals surface area contributed by atoms with E-state index in [1.807, 2.05) is 12.2 Å². The first-order valence-electron chi connectivity index (χ1n) is 7.17. The number of benzene rings is 2. The molecule has 0 fully saturated rings. The molecular weight excluding hydrogens is 256 g/mol. The van der Waals surface area contributed by atoms with Gasteiger partial charge in [-0.2, -0.15) is 0 Å². The number of rotatable bonds is 6. The molecule has 0 saturated carbocycles. The van der Waals surface area contributed by atoms with E-state index in [4.69, 9.17) is 4.74 Å². The van der Waals surface area contributed by atoms with Crippen LogP contribution in [0, 0.1) is 13.8 Å². The van der Waals surface area contributed by atoms with Crippen LogP contribution in [0.15, 0.2) is 73.8 Å². The van der Waals surface area contributed by atoms with Crippen LogP contribution in [0.25, 0.3) is 0 Å². The third kappa shape index (κ3) is 3.93. The van der Waals surface area contributed by atoms with Gasteiger partial charge in [0.15, 0.2) is 0 Å². The molecule has 21 heavy (non-hydrogen) atoms. The van der Waals surface area contributed by atoms with Gasteiger partial charge >= 0.3 is 0 Å². The minimum atomic E-state index is -0.144. The first kappa shape index (κ1) is 15.3. The Hall–Kier alpha value is -2.12. The van der Waals surface area contributed by atoms with Crippen LogP contribution in [0.5, 0.6) is 0 Å². The maximum Gasteiger partial charge on any atom is 0.102 e. The first-order chi connectivity index (χ1) is 10.1. The molecule has 2 rings (SSSR count). The van der Waals surface area contributed by atoms with Crippen molar-refractivity contribution in [3.05, 3.63) is 96.1 Å². The lowest BCUT2D eigenvalue weighted by atomic mass is 10.0. The summed E-state index contributed by atoms with van der Waals surface area (Å²) in [6.07, 6.45) is 3.37. The highest BCUT2D eigenvalue weighted by atomic mass is 16.5. The molecule has 0 saturated heterocycles. The van der Waals surface area contributed by atoms with Crippen LogP contribution in [0.1, 0.15) is 34.5 Å². The Morgan fingerprint density at radius 3 is 1.33 bits per heavy atom. The summed E-state index contributed by atoms with van der Waals surface area (Å²) in [5.74, 6) is 0. The Bertz CT molecular complexity index is 537. The largest absolute Gasteiger partial charge is 0.357 e. The molecule has 1 nitrogen and oxygen atoms in total. The molecule has 2 aromatic carbocycles. The fourth-order valence-corrected chi connectivity index (χ4v) is 2.21. The summed E-state index contributed by atoms with van der Waals surface area (Å²) in [6.45, 7) is 11.9. The van der Waals surface area contributed by atoms with Crippen molar-refractivity contribution < 1.29 is 4.74 Å². The predicted octanol–water partition coefficient (Wildman–Crippen LogP) is 5.47. The normalized spacial score (nSPS) is 13.4. The summed E-state index contributed by atoms with van der Waals surface area (Å²) in [5.41, 5.74) is 4.69. The van der Waals surface area contributed by atoms with Crippen LogP contribution in [0.2, 0.25) is 0 Å². The minimum Gasteiger partial charge on any atom is -0.357 e. The van der Waals surface area contributed by atoms with Gasteiger partial charge in [-0.05, 0) is 25.0 Å². The fraction of sp³-hybridized carbons (Fsp3) is 0.200. The van der Waals surface area contributed by atoms with Crippen molar-refractivity contribution in [2.24, 2.45) is 0 Å². The zero-order valence-electron chi connectivity index (χ0n) is 12.8. The maximum atomic E-state index is 6.16. The van der Waals surface area contributed by atoms with Gasteiger partial charge in [-0.25, -0.2) is 0 Å². The quantitative estimate of drug-likeness (QED) is 0.636. The molecule has 0 N–H and O–H groups in total. The molecule has 0 aromatic heterocycles. The lowest BCUT2D eigenvalue weighted by Gasteiger charge is -2.21. The molecule has 0 amide bonds. The summed E-state index contributed by atoms with van der Waals surface area (Å²) >= 11 is 0. The minimum absolute atomic E-state index is 0.144. The molecule has 2 unspecified atom stereocenters. The Morgan fingerprint density at radius 2 is 1.05 bits per heavy atom. The van der Waals surface area contributed by atoms with Crippen LogP contribution >= 0.6 is 0 Å². The Balaban J connectivity index is 2.19. The average Bonchev–Trinajstić information content (AvgIpc) is 2.51. The fourth-order valence-electron chi connectivity index (χ4n) is 2.21. The summed E-state index contributed by atoms with van der Waals surface area (Å²) in [7, 11) is 0. The number of ether oxygens (including phenoxy) is 1. The maximum absolute atomic E-state index is 6.16. The van der Waals surface area contributed by atoms with Crippen molar-refractivity contribution >= 4 is 0 Å². The lowest BCUT2D eigenvalue weighted by Crippen LogP contribution is -2.07. The van der Waals surface area contributed by atoms with Crippen LogP contribution in [0.4, 0.5) is 0 Å². The Kier molecular flexibility index (Phi) is 5.13. The highest BCUT2D eigenvalue weighted by molar-refractivity contribution is 5.28. The second kappa shape index (κ2) is 7.05. The third-order valence-corrected chi connectivity index (χ3v) is 3.53. The van der Waals surface area contributed by atoms with Crippen molar-refractivity contribution in [3.8, 4) is 0 Å². The van der Waals surface area contributed by atoms with E-state index in [2.05, 4.69) is 75.5 Å². The van der Waals surface area contributed by atoms with Gasteiger partial charge in [0.25, 0.3) is 0 Å². The van der Waals surface area contributed by atoms with Crippen molar-refractivity contribution in [3.63, 3.8) is 0 Å². The van der Waals surface area contributed by atoms with E-state index in [1.165, 1.54) is 11.1 Å². The van der Waals surface area contributed by atoms with Crippen LogP contribution in [-0.2, 0) is 4.74 Å². The van der Waals surface area contributed by atoms with E-state index in [9.17, 15) is 0 Å². The molecule has 2 atom stereocenters. The molecule has 0 bridgehead atoms. The van der Waals surface area contributed by atoms with Gasteiger partial charge in [-0.1, -0.05) is 71.8 Å². The van der Waals surface area contributed by atoms with Crippen molar-refractivity contribution in [1.29, 1.82) is 0 Å². The molecule has 0 heterocycles. The predicted molar refractivity (Wildman–Crippen MR) is 89.3 cm³/mol. The highest BCUT2D eigenvalue weighted by Gasteiger charge is 2.15. The third-order valence-electron chi connectivity index (χ3n) is 3.53. The van der Waals surface area contributed by atoms with Gasteiger partial charge < -0.3 is 4.74 Å². The first-order valence-corrected chi connectivity index (χ1v) is 7.17. The van der Waals surface area contributed by atoms with Gasteiger partial charge in [0.1, 0.15) is 12.2 Å². The molecule has 0 radical (unpaired) electrons. The molecular formula is C20H22O. The summed E-state index contributed by atoms with van der Waals surface area (Å²) in [6, 6.07) is 16.7. The SMILES string of the molecule is C=CC(OC(C=C)c1ccc(C)cc1)c1ccc(C)cc1. The molecule has 0 aliphatic rings. The van der Waals surface area contributed by atoms with Gasteiger partial charge in [-0.15, -0.1) is 13.2 Å². The number of aryl methyl sites for hydroxylation is 2. The molecule has 0 aliphatic heterocycles. The lowest BCUT2D eigenvalue weighted by molar-refractivity contribution is 0.0403. The summed E-state index contributed by atoms with van der Waals surface area (Å²) in [5, 5.41) is 0. The monoisotopic (exact) mass is 278 g/mol. The van der Waals surface area contributed by atoms with E-state index >= 15 is 0 Å². The summed E-state index contributed by atoms with van der Waals surface area (Å²) in [4.78, 5) is 0. The van der Waals surface area contributed by atoms with Crippen molar-refractivity contribution in [2.45, 2.75) is 26.1 Å². The van der Waals surface area contributed by atoms with Crippen LogP contribution < -0.4 is 0 Å². The molecule has 108 valence electrons. The van der Waals surface area contributed by atoms with Crippen LogP contribution in [0.3, 0.4) is 0 Å². The zero-order chi connectivity index (χ0) is 15.2. The van der Waals surface area contributed by atoms with E-state index in [0.29, 0.717) is 0 Å². The number of hydrogen-bond acceptors (Lipinski definition) is 1. The van der Waals surface area contributed by atoms with E-state index in [0.717, 1.165) is 11.1 Å². The van der Waals surface area contributed by atoms with Crippen molar-refractivity contribution in [1.82, 2.24) is 0 Å². The standard InChI is InChI=1S/C20H22O/c1-5-19(17-11-7-15(3)8-12-17)21-20(6-2)18-13-9-16(4)10-14-18/h5-14,19-20H,1-2H2,3-4H3. The molecule has 1 heteroatoms. The van der Waals surface area contributed by atoms with E-state index in [1.54, 1.807) is 0 Å². The van der Waals surface area contributed by atoms with E-state index in [-0.39, 0.29) is 12.2 Å². The Morgan fingerprint density at radius 1 is 0.714 bits per heavy atom. The Labute approximate surface area is 127 Å². The van der Waals surface area contributed by atoms with E-state index < -0.39 is 0 Å². The summed E-state index contributed by atoms with van der Waals surface area (Å²) < 4.78 is 6.16. The van der Waals surface area contributed by atoms with Gasteiger partial charge in [0.05, 0.1) is 0 Å². The second-order valence-electron chi connectivity index (χ2n) is 5.27. The zero-order valence-corrected chi connectivity index (χ0v) is 12.8. The second-order valence-corrected chi connectivity index (χ2v) is 5.27. The van der Waals surface area contributed by atoms with Gasteiger partial charge in [-0.3, -0.25) is 0 Å². The van der Waals surface area contributed by atoms with Crippen LogP contribution in [-0.4, -0.2) is 0 Å². The molecule has 0 spiro atoms. The smallest absolute Gasteiger partial charge is 0.102 e. The van der Waals surface area contributed by atoms with Gasteiger partial charge in [0.2, 0.25) is 0 Å². The topological polar surface area (TPSA) is 9.23 Å². The van der Waals surface area contributed by atoms with Crippen molar-refractivity contribution in [2.75, 3.05) is 0 Å². The number of hydrogen-bond donors (Lipinski definition) is 0.